The smallest absolute Gasteiger partial charge is 0.238 e. The molecule has 3 amide bonds. The molecule has 2 N–H and O–H groups in total. The molecule has 1 aliphatic rings. The van der Waals surface area contributed by atoms with Crippen LogP contribution < -0.4 is 10.6 Å². The minimum absolute atomic E-state index is 0.0671. The Balaban J connectivity index is 1.49. The van der Waals surface area contributed by atoms with Gasteiger partial charge in [0.1, 0.15) is 5.82 Å². The highest BCUT2D eigenvalue weighted by Gasteiger charge is 2.25. The molecule has 0 saturated carbocycles. The zero-order valence-electron chi connectivity index (χ0n) is 17.8. The minimum Gasteiger partial charge on any atom is -0.349 e. The zero-order chi connectivity index (χ0) is 23.1. The number of anilines is 1. The van der Waals surface area contributed by atoms with Crippen molar-refractivity contribution in [1.82, 2.24) is 15.1 Å². The number of piperazine rings is 1. The number of nitrogens with zero attached hydrogens (tertiary/aromatic N) is 2. The molecule has 0 spiro atoms. The third-order valence-electron chi connectivity index (χ3n) is 5.23. The van der Waals surface area contributed by atoms with Gasteiger partial charge >= 0.3 is 0 Å². The molecule has 0 bridgehead atoms. The van der Waals surface area contributed by atoms with Gasteiger partial charge in [-0.2, -0.15) is 0 Å². The lowest BCUT2D eigenvalue weighted by Gasteiger charge is -2.35. The summed E-state index contributed by atoms with van der Waals surface area (Å²) in [5.74, 6) is -0.927. The summed E-state index contributed by atoms with van der Waals surface area (Å²) in [5, 5.41) is 6.09. The van der Waals surface area contributed by atoms with Crippen LogP contribution in [0.15, 0.2) is 48.5 Å². The molecule has 1 aliphatic heterocycles. The third kappa shape index (κ3) is 7.03. The molecule has 2 aromatic carbocycles. The molecule has 9 heteroatoms. The molecule has 0 aliphatic carbocycles. The van der Waals surface area contributed by atoms with Crippen molar-refractivity contribution in [2.75, 3.05) is 38.0 Å². The number of nitrogens with one attached hydrogen (secondary N) is 2. The van der Waals surface area contributed by atoms with E-state index in [-0.39, 0.29) is 30.7 Å². The molecule has 1 heterocycles. The first-order valence-electron chi connectivity index (χ1n) is 10.4. The van der Waals surface area contributed by atoms with Gasteiger partial charge in [-0.1, -0.05) is 29.8 Å². The van der Waals surface area contributed by atoms with E-state index in [4.69, 9.17) is 11.6 Å². The Kier molecular flexibility index (Phi) is 8.19. The van der Waals surface area contributed by atoms with Crippen molar-refractivity contribution in [1.29, 1.82) is 0 Å². The Morgan fingerprint density at radius 2 is 1.75 bits per heavy atom. The van der Waals surface area contributed by atoms with Crippen LogP contribution in [0.4, 0.5) is 10.1 Å². The van der Waals surface area contributed by atoms with E-state index in [1.165, 1.54) is 25.1 Å². The molecule has 1 atom stereocenters. The van der Waals surface area contributed by atoms with Gasteiger partial charge in [-0.25, -0.2) is 4.39 Å². The lowest BCUT2D eigenvalue weighted by molar-refractivity contribution is -0.133. The molecule has 1 saturated heterocycles. The van der Waals surface area contributed by atoms with E-state index < -0.39 is 11.9 Å². The number of hydrogen-bond acceptors (Lipinski definition) is 4. The largest absolute Gasteiger partial charge is 0.349 e. The fourth-order valence-corrected chi connectivity index (χ4v) is 3.75. The number of halogens is 2. The molecule has 0 radical (unpaired) electrons. The van der Waals surface area contributed by atoms with E-state index in [1.807, 2.05) is 4.90 Å². The van der Waals surface area contributed by atoms with E-state index in [0.29, 0.717) is 36.9 Å². The highest BCUT2D eigenvalue weighted by Crippen LogP contribution is 2.21. The Morgan fingerprint density at radius 1 is 1.06 bits per heavy atom. The summed E-state index contributed by atoms with van der Waals surface area (Å²) in [4.78, 5) is 40.4. The van der Waals surface area contributed by atoms with Gasteiger partial charge in [0, 0.05) is 43.8 Å². The molecule has 1 fully saturated rings. The van der Waals surface area contributed by atoms with Crippen LogP contribution in [0.1, 0.15) is 24.9 Å². The van der Waals surface area contributed by atoms with Gasteiger partial charge in [0.2, 0.25) is 17.7 Å². The first kappa shape index (κ1) is 23.7. The van der Waals surface area contributed by atoms with Gasteiger partial charge < -0.3 is 15.5 Å². The Hall–Kier alpha value is -2.97. The summed E-state index contributed by atoms with van der Waals surface area (Å²) < 4.78 is 13.3. The average molecular weight is 461 g/mol. The highest BCUT2D eigenvalue weighted by molar-refractivity contribution is 6.30. The molecular weight excluding hydrogens is 435 g/mol. The number of amides is 3. The zero-order valence-corrected chi connectivity index (χ0v) is 18.6. The monoisotopic (exact) mass is 460 g/mol. The molecule has 32 heavy (non-hydrogen) atoms. The van der Waals surface area contributed by atoms with Crippen LogP contribution in [0.5, 0.6) is 0 Å². The molecule has 170 valence electrons. The van der Waals surface area contributed by atoms with Crippen LogP contribution in [0.25, 0.3) is 0 Å². The number of hydrogen-bond donors (Lipinski definition) is 2. The maximum Gasteiger partial charge on any atom is 0.238 e. The summed E-state index contributed by atoms with van der Waals surface area (Å²) >= 11 is 5.94. The third-order valence-corrected chi connectivity index (χ3v) is 5.48. The Bertz CT molecular complexity index is 962. The van der Waals surface area contributed by atoms with Crippen molar-refractivity contribution in [3.8, 4) is 0 Å². The van der Waals surface area contributed by atoms with Crippen LogP contribution in [-0.2, 0) is 14.4 Å². The first-order chi connectivity index (χ1) is 15.3. The number of carbonyl (C=O) groups excluding carboxylic acids is 3. The van der Waals surface area contributed by atoms with Gasteiger partial charge in [-0.05, 0) is 35.9 Å². The van der Waals surface area contributed by atoms with Crippen LogP contribution in [0, 0.1) is 5.82 Å². The average Bonchev–Trinajstić information content (AvgIpc) is 2.74. The summed E-state index contributed by atoms with van der Waals surface area (Å²) in [5.41, 5.74) is 1.22. The van der Waals surface area contributed by atoms with Crippen molar-refractivity contribution < 1.29 is 18.8 Å². The highest BCUT2D eigenvalue weighted by atomic mass is 35.5. The van der Waals surface area contributed by atoms with Crippen LogP contribution in [0.2, 0.25) is 5.02 Å². The molecule has 0 unspecified atom stereocenters. The first-order valence-corrected chi connectivity index (χ1v) is 10.8. The summed E-state index contributed by atoms with van der Waals surface area (Å²) in [6, 6.07) is 12.4. The van der Waals surface area contributed by atoms with Crippen molar-refractivity contribution in [3.63, 3.8) is 0 Å². The fraction of sp³-hybridized carbons (Fsp3) is 0.348. The molecular formula is C23H26ClFN4O3. The molecule has 2 aromatic rings. The van der Waals surface area contributed by atoms with E-state index in [2.05, 4.69) is 10.6 Å². The quantitative estimate of drug-likeness (QED) is 0.665. The standard InChI is InChI=1S/C23H26ClFN4O3/c1-16(30)26-21(17-5-7-18(24)8-6-17)14-23(32)29-11-9-28(10-12-29)15-22(31)27-20-4-2-3-19(25)13-20/h2-8,13,21H,9-12,14-15H2,1H3,(H,26,30)(H,27,31)/t21-/m1/s1. The van der Waals surface area contributed by atoms with Crippen molar-refractivity contribution in [2.24, 2.45) is 0 Å². The van der Waals surface area contributed by atoms with Crippen molar-refractivity contribution >= 4 is 35.0 Å². The van der Waals surface area contributed by atoms with Crippen LogP contribution >= 0.6 is 11.6 Å². The summed E-state index contributed by atoms with van der Waals surface area (Å²) in [6.45, 7) is 3.65. The van der Waals surface area contributed by atoms with E-state index in [9.17, 15) is 18.8 Å². The van der Waals surface area contributed by atoms with E-state index in [1.54, 1.807) is 35.2 Å². The van der Waals surface area contributed by atoms with Gasteiger partial charge in [0.25, 0.3) is 0 Å². The van der Waals surface area contributed by atoms with Crippen LogP contribution in [0.3, 0.4) is 0 Å². The van der Waals surface area contributed by atoms with E-state index >= 15 is 0 Å². The Labute approximate surface area is 191 Å². The topological polar surface area (TPSA) is 81.8 Å². The SMILES string of the molecule is CC(=O)N[C@H](CC(=O)N1CCN(CC(=O)Nc2cccc(F)c2)CC1)c1ccc(Cl)cc1. The van der Waals surface area contributed by atoms with Crippen molar-refractivity contribution in [2.45, 2.75) is 19.4 Å². The normalized spacial score (nSPS) is 15.2. The maximum absolute atomic E-state index is 13.3. The molecule has 0 aromatic heterocycles. The number of benzene rings is 2. The van der Waals surface area contributed by atoms with Gasteiger partial charge in [-0.3, -0.25) is 19.3 Å². The predicted octanol–water partition coefficient (Wildman–Crippen LogP) is 2.83. The second-order valence-electron chi connectivity index (χ2n) is 7.72. The minimum atomic E-state index is -0.438. The fourth-order valence-electron chi connectivity index (χ4n) is 3.62. The summed E-state index contributed by atoms with van der Waals surface area (Å²) in [7, 11) is 0. The molecule has 7 nitrogen and oxygen atoms in total. The predicted molar refractivity (Wildman–Crippen MR) is 121 cm³/mol. The Morgan fingerprint density at radius 3 is 2.38 bits per heavy atom. The van der Waals surface area contributed by atoms with Crippen LogP contribution in [-0.4, -0.2) is 60.2 Å². The van der Waals surface area contributed by atoms with Crippen molar-refractivity contribution in [3.05, 3.63) is 64.9 Å². The van der Waals surface area contributed by atoms with E-state index in [0.717, 1.165) is 5.56 Å². The number of carbonyl (C=O) groups is 3. The lowest BCUT2D eigenvalue weighted by Crippen LogP contribution is -2.51. The van der Waals surface area contributed by atoms with Gasteiger partial charge in [0.05, 0.1) is 19.0 Å². The lowest BCUT2D eigenvalue weighted by atomic mass is 10.0. The number of rotatable bonds is 7. The van der Waals surface area contributed by atoms with Gasteiger partial charge in [-0.15, -0.1) is 0 Å². The summed E-state index contributed by atoms with van der Waals surface area (Å²) in [6.07, 6.45) is 0.140. The van der Waals surface area contributed by atoms with Gasteiger partial charge in [0.15, 0.2) is 0 Å². The second-order valence-corrected chi connectivity index (χ2v) is 8.16. The maximum atomic E-state index is 13.3. The second kappa shape index (κ2) is 11.1. The molecule has 3 rings (SSSR count).